The van der Waals surface area contributed by atoms with Crippen molar-refractivity contribution in [3.8, 4) is 0 Å². The molecule has 1 saturated heterocycles. The number of thiophene rings is 1. The fraction of sp³-hybridized carbons (Fsp3) is 0.154. The van der Waals surface area contributed by atoms with E-state index in [1.165, 1.54) is 0 Å². The Labute approximate surface area is 103 Å². The number of carbonyl (C=O) groups is 1. The fourth-order valence-corrected chi connectivity index (χ4v) is 3.01. The second kappa shape index (κ2) is 3.98. The van der Waals surface area contributed by atoms with E-state index in [0.29, 0.717) is 0 Å². The number of β-lactam (4-membered cyclic amide) rings is 1. The Bertz CT molecular complexity index is 524. The topological polar surface area (TPSA) is 46.3 Å². The molecule has 0 spiro atoms. The van der Waals surface area contributed by atoms with Gasteiger partial charge in [0, 0.05) is 10.6 Å². The van der Waals surface area contributed by atoms with Gasteiger partial charge < -0.3 is 10.6 Å². The predicted molar refractivity (Wildman–Crippen MR) is 69.0 cm³/mol. The van der Waals surface area contributed by atoms with E-state index in [1.54, 1.807) is 16.2 Å². The third-order valence-electron chi connectivity index (χ3n) is 3.01. The van der Waals surface area contributed by atoms with Crippen molar-refractivity contribution in [3.05, 3.63) is 52.7 Å². The molecule has 1 aromatic carbocycles. The lowest BCUT2D eigenvalue weighted by Gasteiger charge is -2.44. The molecule has 3 rings (SSSR count). The normalized spacial score (nSPS) is 23.6. The van der Waals surface area contributed by atoms with E-state index in [2.05, 4.69) is 0 Å². The Morgan fingerprint density at radius 2 is 1.88 bits per heavy atom. The maximum absolute atomic E-state index is 11.9. The first-order chi connectivity index (χ1) is 8.29. The van der Waals surface area contributed by atoms with Crippen LogP contribution < -0.4 is 10.6 Å². The average Bonchev–Trinajstić information content (AvgIpc) is 2.88. The molecule has 1 amide bonds. The van der Waals surface area contributed by atoms with Gasteiger partial charge in [-0.2, -0.15) is 0 Å². The average molecular weight is 244 g/mol. The maximum Gasteiger partial charge on any atom is 0.247 e. The van der Waals surface area contributed by atoms with Crippen LogP contribution in [0.3, 0.4) is 0 Å². The maximum atomic E-state index is 11.9. The zero-order valence-electron chi connectivity index (χ0n) is 9.11. The first-order valence-corrected chi connectivity index (χ1v) is 6.34. The summed E-state index contributed by atoms with van der Waals surface area (Å²) in [5, 5.41) is 2.01. The molecule has 1 aliphatic heterocycles. The smallest absolute Gasteiger partial charge is 0.247 e. The molecule has 0 bridgehead atoms. The summed E-state index contributed by atoms with van der Waals surface area (Å²) in [5.41, 5.74) is 6.82. The Kier molecular flexibility index (Phi) is 2.46. The van der Waals surface area contributed by atoms with Gasteiger partial charge >= 0.3 is 0 Å². The third-order valence-corrected chi connectivity index (χ3v) is 3.95. The van der Waals surface area contributed by atoms with Crippen molar-refractivity contribution in [1.82, 2.24) is 0 Å². The molecule has 0 radical (unpaired) electrons. The number of nitrogens with two attached hydrogens (primary N) is 1. The molecule has 2 N–H and O–H groups in total. The summed E-state index contributed by atoms with van der Waals surface area (Å²) >= 11 is 1.64. The molecule has 4 heteroatoms. The lowest BCUT2D eigenvalue weighted by atomic mass is 9.93. The lowest BCUT2D eigenvalue weighted by Crippen LogP contribution is -2.63. The van der Waals surface area contributed by atoms with E-state index >= 15 is 0 Å². The van der Waals surface area contributed by atoms with Crippen LogP contribution in [0.1, 0.15) is 10.9 Å². The quantitative estimate of drug-likeness (QED) is 0.823. The highest BCUT2D eigenvalue weighted by Gasteiger charge is 2.47. The largest absolute Gasteiger partial charge is 0.318 e. The molecule has 0 aliphatic carbocycles. The molecule has 1 aromatic heterocycles. The first kappa shape index (κ1) is 10.5. The molecule has 0 saturated carbocycles. The number of benzene rings is 1. The van der Waals surface area contributed by atoms with Crippen molar-refractivity contribution in [2.45, 2.75) is 12.1 Å². The number of rotatable bonds is 2. The standard InChI is InChI=1S/C13H12N2OS/c14-11-12(10-7-4-8-17-10)15(13(11)16)9-5-2-1-3-6-9/h1-8,11-12H,14H2/t11-,12-/m0/s1. The molecular weight excluding hydrogens is 232 g/mol. The molecule has 1 fully saturated rings. The highest BCUT2D eigenvalue weighted by Crippen LogP contribution is 2.39. The SMILES string of the molecule is N[C@@H]1C(=O)N(c2ccccc2)[C@H]1c1cccs1. The van der Waals surface area contributed by atoms with E-state index in [0.717, 1.165) is 10.6 Å². The van der Waals surface area contributed by atoms with Crippen LogP contribution in [0, 0.1) is 0 Å². The zero-order valence-corrected chi connectivity index (χ0v) is 9.93. The van der Waals surface area contributed by atoms with Crippen molar-refractivity contribution < 1.29 is 4.79 Å². The van der Waals surface area contributed by atoms with Gasteiger partial charge in [0.25, 0.3) is 0 Å². The predicted octanol–water partition coefficient (Wildman–Crippen LogP) is 2.16. The van der Waals surface area contributed by atoms with E-state index in [4.69, 9.17) is 5.73 Å². The van der Waals surface area contributed by atoms with E-state index in [9.17, 15) is 4.79 Å². The highest BCUT2D eigenvalue weighted by molar-refractivity contribution is 7.10. The first-order valence-electron chi connectivity index (χ1n) is 5.46. The van der Waals surface area contributed by atoms with Crippen LogP contribution in [0.2, 0.25) is 0 Å². The third kappa shape index (κ3) is 1.57. The van der Waals surface area contributed by atoms with Crippen molar-refractivity contribution in [2.75, 3.05) is 4.90 Å². The van der Waals surface area contributed by atoms with Gasteiger partial charge in [0.1, 0.15) is 6.04 Å². The van der Waals surface area contributed by atoms with Crippen molar-refractivity contribution in [1.29, 1.82) is 0 Å². The second-order valence-electron chi connectivity index (χ2n) is 4.03. The molecule has 2 aromatic rings. The van der Waals surface area contributed by atoms with Gasteiger partial charge in [-0.25, -0.2) is 0 Å². The second-order valence-corrected chi connectivity index (χ2v) is 5.01. The number of para-hydroxylation sites is 1. The lowest BCUT2D eigenvalue weighted by molar-refractivity contribution is -0.126. The molecule has 1 aliphatic rings. The summed E-state index contributed by atoms with van der Waals surface area (Å²) in [6.07, 6.45) is 0. The van der Waals surface area contributed by atoms with Gasteiger partial charge in [0.2, 0.25) is 5.91 Å². The molecule has 86 valence electrons. The fourth-order valence-electron chi connectivity index (χ4n) is 2.15. The summed E-state index contributed by atoms with van der Waals surface area (Å²) in [5.74, 6) is -0.00500. The van der Waals surface area contributed by atoms with Crippen LogP contribution >= 0.6 is 11.3 Å². The van der Waals surface area contributed by atoms with Crippen LogP contribution in [-0.4, -0.2) is 11.9 Å². The summed E-state index contributed by atoms with van der Waals surface area (Å²) in [6.45, 7) is 0. The van der Waals surface area contributed by atoms with Crippen LogP contribution in [-0.2, 0) is 4.79 Å². The van der Waals surface area contributed by atoms with Gasteiger partial charge in [-0.05, 0) is 23.6 Å². The van der Waals surface area contributed by atoms with Gasteiger partial charge in [-0.1, -0.05) is 24.3 Å². The Hall–Kier alpha value is -1.65. The van der Waals surface area contributed by atoms with Gasteiger partial charge in [0.05, 0.1) is 6.04 Å². The Balaban J connectivity index is 1.97. The summed E-state index contributed by atoms with van der Waals surface area (Å²) in [7, 11) is 0. The minimum absolute atomic E-state index is 0.00500. The number of carbonyl (C=O) groups excluding carboxylic acids is 1. The molecule has 17 heavy (non-hydrogen) atoms. The van der Waals surface area contributed by atoms with E-state index < -0.39 is 6.04 Å². The highest BCUT2D eigenvalue weighted by atomic mass is 32.1. The summed E-state index contributed by atoms with van der Waals surface area (Å²) in [6, 6.07) is 13.3. The zero-order chi connectivity index (χ0) is 11.8. The minimum Gasteiger partial charge on any atom is -0.318 e. The molecule has 2 heterocycles. The summed E-state index contributed by atoms with van der Waals surface area (Å²) < 4.78 is 0. The molecule has 0 unspecified atom stereocenters. The van der Waals surface area contributed by atoms with Gasteiger partial charge in [0.15, 0.2) is 0 Å². The van der Waals surface area contributed by atoms with Gasteiger partial charge in [-0.15, -0.1) is 11.3 Å². The van der Waals surface area contributed by atoms with Crippen LogP contribution in [0.15, 0.2) is 47.8 Å². The number of amides is 1. The number of anilines is 1. The summed E-state index contributed by atoms with van der Waals surface area (Å²) in [4.78, 5) is 14.8. The molecule has 3 nitrogen and oxygen atoms in total. The molecule has 2 atom stereocenters. The van der Waals surface area contributed by atoms with E-state index in [1.807, 2.05) is 47.8 Å². The Morgan fingerprint density at radius 1 is 1.12 bits per heavy atom. The number of hydrogen-bond acceptors (Lipinski definition) is 3. The minimum atomic E-state index is -0.408. The Morgan fingerprint density at radius 3 is 2.53 bits per heavy atom. The molecular formula is C13H12N2OS. The van der Waals surface area contributed by atoms with Crippen LogP contribution in [0.25, 0.3) is 0 Å². The van der Waals surface area contributed by atoms with Crippen molar-refractivity contribution >= 4 is 22.9 Å². The van der Waals surface area contributed by atoms with E-state index in [-0.39, 0.29) is 11.9 Å². The van der Waals surface area contributed by atoms with Crippen molar-refractivity contribution in [2.24, 2.45) is 5.73 Å². The number of hydrogen-bond donors (Lipinski definition) is 1. The monoisotopic (exact) mass is 244 g/mol. The van der Waals surface area contributed by atoms with Crippen molar-refractivity contribution in [3.63, 3.8) is 0 Å². The van der Waals surface area contributed by atoms with Gasteiger partial charge in [-0.3, -0.25) is 4.79 Å². The number of nitrogens with zero attached hydrogens (tertiary/aromatic N) is 1. The van der Waals surface area contributed by atoms with Crippen LogP contribution in [0.4, 0.5) is 5.69 Å². The van der Waals surface area contributed by atoms with Crippen LogP contribution in [0.5, 0.6) is 0 Å².